The van der Waals surface area contributed by atoms with Gasteiger partial charge in [-0.25, -0.2) is 18.0 Å². The van der Waals surface area contributed by atoms with E-state index in [1.807, 2.05) is 6.07 Å². The first-order chi connectivity index (χ1) is 14.0. The monoisotopic (exact) mass is 399 g/mol. The van der Waals surface area contributed by atoms with E-state index in [2.05, 4.69) is 5.32 Å². The molecule has 0 aliphatic carbocycles. The molecule has 0 bridgehead atoms. The van der Waals surface area contributed by atoms with Gasteiger partial charge in [0.1, 0.15) is 5.69 Å². The van der Waals surface area contributed by atoms with Crippen LogP contribution in [0.5, 0.6) is 0 Å². The summed E-state index contributed by atoms with van der Waals surface area (Å²) in [4.78, 5) is 12.6. The van der Waals surface area contributed by atoms with Crippen LogP contribution in [0, 0.1) is 23.3 Å². The minimum Gasteiger partial charge on any atom is -0.418 e. The van der Waals surface area contributed by atoms with Crippen LogP contribution in [0.2, 0.25) is 0 Å². The topological polar surface area (TPSA) is 42.2 Å². The molecule has 7 heteroatoms. The van der Waals surface area contributed by atoms with Gasteiger partial charge in [0.25, 0.3) is 0 Å². The van der Waals surface area contributed by atoms with Crippen molar-refractivity contribution in [2.24, 2.45) is 0 Å². The molecule has 1 aromatic heterocycles. The summed E-state index contributed by atoms with van der Waals surface area (Å²) in [5.41, 5.74) is -1.18. The summed E-state index contributed by atoms with van der Waals surface area (Å²) in [6, 6.07) is 17.0. The summed E-state index contributed by atoms with van der Waals surface area (Å²) >= 11 is 0. The highest BCUT2D eigenvalue weighted by molar-refractivity contribution is 6.00. The van der Waals surface area contributed by atoms with Crippen molar-refractivity contribution in [3.8, 4) is 11.1 Å². The highest BCUT2D eigenvalue weighted by Gasteiger charge is 2.28. The number of halogens is 4. The fourth-order valence-electron chi connectivity index (χ4n) is 3.14. The summed E-state index contributed by atoms with van der Waals surface area (Å²) in [7, 11) is 0. The van der Waals surface area contributed by atoms with Crippen LogP contribution in [-0.2, 0) is 6.54 Å². The van der Waals surface area contributed by atoms with E-state index >= 15 is 0 Å². The summed E-state index contributed by atoms with van der Waals surface area (Å²) in [6.45, 7) is 0.171. The quantitative estimate of drug-likeness (QED) is 0.209. The molecule has 4 aromatic rings. The predicted molar refractivity (Wildman–Crippen MR) is 102 cm³/mol. The van der Waals surface area contributed by atoms with Gasteiger partial charge < -0.3 is 9.73 Å². The second-order valence-corrected chi connectivity index (χ2v) is 6.30. The molecule has 0 unspecified atom stereocenters. The highest BCUT2D eigenvalue weighted by Crippen LogP contribution is 2.37. The second kappa shape index (κ2) is 7.43. The molecule has 0 fully saturated rings. The molecule has 0 amide bonds. The molecule has 29 heavy (non-hydrogen) atoms. The lowest BCUT2D eigenvalue weighted by Crippen LogP contribution is -2.14. The molecule has 0 atom stereocenters. The molecule has 3 nitrogen and oxygen atoms in total. The summed E-state index contributed by atoms with van der Waals surface area (Å²) in [5, 5.41) is 2.21. The number of hydrogen-bond acceptors (Lipinski definition) is 3. The van der Waals surface area contributed by atoms with Crippen LogP contribution >= 0.6 is 0 Å². The SMILES string of the molecule is O=c1oc2c(F)c(F)c(F)c(F)c2c(-c2ccccc2)c1NCc1ccccc1. The Kier molecular flexibility index (Phi) is 4.80. The third-order valence-corrected chi connectivity index (χ3v) is 4.50. The van der Waals surface area contributed by atoms with Gasteiger partial charge in [-0.2, -0.15) is 4.39 Å². The maximum Gasteiger partial charge on any atom is 0.360 e. The molecule has 0 aliphatic rings. The normalized spacial score (nSPS) is 11.0. The van der Waals surface area contributed by atoms with E-state index in [4.69, 9.17) is 4.42 Å². The Morgan fingerprint density at radius 1 is 0.759 bits per heavy atom. The third-order valence-electron chi connectivity index (χ3n) is 4.50. The number of rotatable bonds is 4. The van der Waals surface area contributed by atoms with Crippen molar-refractivity contribution in [1.29, 1.82) is 0 Å². The van der Waals surface area contributed by atoms with Gasteiger partial charge >= 0.3 is 5.63 Å². The highest BCUT2D eigenvalue weighted by atomic mass is 19.2. The summed E-state index contributed by atoms with van der Waals surface area (Å²) in [6.07, 6.45) is 0. The lowest BCUT2D eigenvalue weighted by molar-refractivity contribution is 0.405. The van der Waals surface area contributed by atoms with Crippen molar-refractivity contribution in [2.45, 2.75) is 6.54 Å². The Morgan fingerprint density at radius 3 is 2.00 bits per heavy atom. The number of hydrogen-bond donors (Lipinski definition) is 1. The minimum atomic E-state index is -2.04. The number of anilines is 1. The van der Waals surface area contributed by atoms with E-state index in [0.29, 0.717) is 5.56 Å². The zero-order chi connectivity index (χ0) is 20.5. The first-order valence-electron chi connectivity index (χ1n) is 8.65. The van der Waals surface area contributed by atoms with Gasteiger partial charge in [0.2, 0.25) is 11.6 Å². The molecule has 4 rings (SSSR count). The molecule has 146 valence electrons. The average molecular weight is 399 g/mol. The second-order valence-electron chi connectivity index (χ2n) is 6.30. The van der Waals surface area contributed by atoms with E-state index in [0.717, 1.165) is 5.56 Å². The minimum absolute atomic E-state index is 0.108. The number of nitrogens with one attached hydrogen (secondary N) is 1. The van der Waals surface area contributed by atoms with Crippen LogP contribution in [0.25, 0.3) is 22.1 Å². The molecule has 1 N–H and O–H groups in total. The van der Waals surface area contributed by atoms with E-state index in [1.165, 1.54) is 0 Å². The van der Waals surface area contributed by atoms with Gasteiger partial charge in [-0.3, -0.25) is 0 Å². The smallest absolute Gasteiger partial charge is 0.360 e. The lowest BCUT2D eigenvalue weighted by Gasteiger charge is -2.15. The van der Waals surface area contributed by atoms with Crippen molar-refractivity contribution in [3.63, 3.8) is 0 Å². The standard InChI is InChI=1S/C22H13F4NO2/c23-16-15-14(13-9-5-2-6-10-13)20(27-11-12-7-3-1-4-8-12)22(28)29-21(15)19(26)18(25)17(16)24/h1-10,27H,11H2. The van der Waals surface area contributed by atoms with Crippen molar-refractivity contribution < 1.29 is 22.0 Å². The molecule has 0 radical (unpaired) electrons. The molecule has 1 heterocycles. The Balaban J connectivity index is 2.02. The largest absolute Gasteiger partial charge is 0.418 e. The molecule has 0 saturated carbocycles. The van der Waals surface area contributed by atoms with Crippen molar-refractivity contribution in [3.05, 3.63) is 99.9 Å². The van der Waals surface area contributed by atoms with Crippen LogP contribution in [0.15, 0.2) is 69.9 Å². The fourth-order valence-corrected chi connectivity index (χ4v) is 3.14. The Hall–Kier alpha value is -3.61. The molecular weight excluding hydrogens is 386 g/mol. The number of benzene rings is 3. The van der Waals surface area contributed by atoms with Gasteiger partial charge in [-0.1, -0.05) is 60.7 Å². The van der Waals surface area contributed by atoms with E-state index in [-0.39, 0.29) is 17.8 Å². The van der Waals surface area contributed by atoms with Crippen LogP contribution in [0.3, 0.4) is 0 Å². The van der Waals surface area contributed by atoms with Crippen LogP contribution in [-0.4, -0.2) is 0 Å². The molecule has 3 aromatic carbocycles. The molecule has 0 saturated heterocycles. The fraction of sp³-hybridized carbons (Fsp3) is 0.0455. The third kappa shape index (κ3) is 3.24. The predicted octanol–water partition coefficient (Wildman–Crippen LogP) is 5.63. The van der Waals surface area contributed by atoms with Crippen LogP contribution in [0.4, 0.5) is 23.2 Å². The van der Waals surface area contributed by atoms with Crippen LogP contribution < -0.4 is 10.9 Å². The van der Waals surface area contributed by atoms with Crippen molar-refractivity contribution in [2.75, 3.05) is 5.32 Å². The van der Waals surface area contributed by atoms with Crippen molar-refractivity contribution >= 4 is 16.7 Å². The Labute approximate surface area is 162 Å². The van der Waals surface area contributed by atoms with Crippen LogP contribution in [0.1, 0.15) is 5.56 Å². The van der Waals surface area contributed by atoms with Gasteiger partial charge in [0, 0.05) is 12.1 Å². The maximum atomic E-state index is 14.7. The summed E-state index contributed by atoms with van der Waals surface area (Å²) < 4.78 is 61.5. The maximum absolute atomic E-state index is 14.7. The van der Waals surface area contributed by atoms with E-state index < -0.39 is 39.9 Å². The van der Waals surface area contributed by atoms with E-state index in [9.17, 15) is 22.4 Å². The Bertz CT molecular complexity index is 1260. The van der Waals surface area contributed by atoms with Gasteiger partial charge in [-0.05, 0) is 11.1 Å². The van der Waals surface area contributed by atoms with Gasteiger partial charge in [-0.15, -0.1) is 0 Å². The number of fused-ring (bicyclic) bond motifs is 1. The van der Waals surface area contributed by atoms with Crippen molar-refractivity contribution in [1.82, 2.24) is 0 Å². The first kappa shape index (κ1) is 18.7. The lowest BCUT2D eigenvalue weighted by atomic mass is 9.99. The Morgan fingerprint density at radius 2 is 1.34 bits per heavy atom. The zero-order valence-corrected chi connectivity index (χ0v) is 14.8. The molecular formula is C22H13F4NO2. The van der Waals surface area contributed by atoms with Gasteiger partial charge in [0.15, 0.2) is 17.2 Å². The zero-order valence-electron chi connectivity index (χ0n) is 14.8. The van der Waals surface area contributed by atoms with Gasteiger partial charge in [0.05, 0.1) is 5.39 Å². The first-order valence-corrected chi connectivity index (χ1v) is 8.65. The molecule has 0 aliphatic heterocycles. The molecule has 0 spiro atoms. The van der Waals surface area contributed by atoms with E-state index in [1.54, 1.807) is 54.6 Å². The average Bonchev–Trinajstić information content (AvgIpc) is 2.76. The summed E-state index contributed by atoms with van der Waals surface area (Å²) in [5.74, 6) is -7.41.